The number of amides is 1. The molecule has 7 nitrogen and oxygen atoms in total. The van der Waals surface area contributed by atoms with Crippen LogP contribution in [0.5, 0.6) is 5.75 Å². The quantitative estimate of drug-likeness (QED) is 0.652. The van der Waals surface area contributed by atoms with Crippen LogP contribution in [0.2, 0.25) is 0 Å². The summed E-state index contributed by atoms with van der Waals surface area (Å²) in [6.07, 6.45) is 6.36. The van der Waals surface area contributed by atoms with E-state index in [0.717, 1.165) is 44.3 Å². The minimum atomic E-state index is -3.10. The van der Waals surface area contributed by atoms with Gasteiger partial charge in [0.2, 0.25) is 10.0 Å². The summed E-state index contributed by atoms with van der Waals surface area (Å²) in [5.41, 5.74) is 2.30. The van der Waals surface area contributed by atoms with E-state index in [9.17, 15) is 13.2 Å². The number of hydrogen-bond donors (Lipinski definition) is 0. The van der Waals surface area contributed by atoms with Gasteiger partial charge in [-0.2, -0.15) is 0 Å². The summed E-state index contributed by atoms with van der Waals surface area (Å²) in [6, 6.07) is 6.51. The molecule has 0 aliphatic carbocycles. The smallest absolute Gasteiger partial charge is 0.409 e. The van der Waals surface area contributed by atoms with E-state index in [-0.39, 0.29) is 17.1 Å². The highest BCUT2D eigenvalue weighted by atomic mass is 32.2. The number of fused-ring (bicyclic) bond motifs is 1. The lowest BCUT2D eigenvalue weighted by Gasteiger charge is -2.44. The van der Waals surface area contributed by atoms with Gasteiger partial charge < -0.3 is 14.4 Å². The van der Waals surface area contributed by atoms with E-state index >= 15 is 0 Å². The Morgan fingerprint density at radius 1 is 1.12 bits per heavy atom. The number of hydrogen-bond acceptors (Lipinski definition) is 5. The van der Waals surface area contributed by atoms with Gasteiger partial charge in [-0.3, -0.25) is 0 Å². The van der Waals surface area contributed by atoms with Gasteiger partial charge in [0, 0.05) is 39.0 Å². The van der Waals surface area contributed by atoms with Crippen LogP contribution in [0.4, 0.5) is 4.79 Å². The maximum absolute atomic E-state index is 12.4. The molecule has 0 atom stereocenters. The molecular weight excluding hydrogens is 440 g/mol. The van der Waals surface area contributed by atoms with Crippen LogP contribution in [0.15, 0.2) is 18.2 Å². The second kappa shape index (κ2) is 9.10. The number of nitrogens with zero attached hydrogens (tertiary/aromatic N) is 2. The molecule has 33 heavy (non-hydrogen) atoms. The third-order valence-corrected chi connectivity index (χ3v) is 8.52. The molecule has 0 unspecified atom stereocenters. The van der Waals surface area contributed by atoms with Crippen LogP contribution >= 0.6 is 0 Å². The monoisotopic (exact) mass is 478 g/mol. The van der Waals surface area contributed by atoms with E-state index in [0.29, 0.717) is 38.7 Å². The Morgan fingerprint density at radius 3 is 2.39 bits per heavy atom. The van der Waals surface area contributed by atoms with Gasteiger partial charge in [-0.25, -0.2) is 17.5 Å². The highest BCUT2D eigenvalue weighted by Crippen LogP contribution is 2.41. The lowest BCUT2D eigenvalue weighted by atomic mass is 9.82. The largest absolute Gasteiger partial charge is 0.487 e. The molecule has 1 aromatic carbocycles. The topological polar surface area (TPSA) is 76.2 Å². The van der Waals surface area contributed by atoms with Crippen molar-refractivity contribution in [1.29, 1.82) is 0 Å². The number of likely N-dealkylation sites (tertiary alicyclic amines) is 1. The number of carbonyl (C=O) groups is 1. The molecule has 1 aromatic rings. The van der Waals surface area contributed by atoms with Crippen LogP contribution in [0, 0.1) is 5.41 Å². The Hall–Kier alpha value is -1.80. The van der Waals surface area contributed by atoms with Gasteiger partial charge in [-0.05, 0) is 54.2 Å². The summed E-state index contributed by atoms with van der Waals surface area (Å²) in [5.74, 6) is 1.36. The second-order valence-electron chi connectivity index (χ2n) is 11.2. The summed E-state index contributed by atoms with van der Waals surface area (Å²) in [7, 11) is -3.10. The van der Waals surface area contributed by atoms with Crippen molar-refractivity contribution in [2.75, 3.05) is 39.0 Å². The molecule has 3 aliphatic rings. The van der Waals surface area contributed by atoms with Crippen molar-refractivity contribution in [3.8, 4) is 5.75 Å². The predicted octanol–water partition coefficient (Wildman–Crippen LogP) is 4.17. The summed E-state index contributed by atoms with van der Waals surface area (Å²) < 4.78 is 37.2. The van der Waals surface area contributed by atoms with Gasteiger partial charge in [0.05, 0.1) is 12.9 Å². The van der Waals surface area contributed by atoms with Gasteiger partial charge in [-0.1, -0.05) is 32.9 Å². The molecule has 1 spiro atoms. The van der Waals surface area contributed by atoms with Crippen molar-refractivity contribution < 1.29 is 22.7 Å². The molecule has 0 N–H and O–H groups in total. The third-order valence-electron chi connectivity index (χ3n) is 7.22. The fraction of sp³-hybridized carbons (Fsp3) is 0.720. The van der Waals surface area contributed by atoms with Gasteiger partial charge in [0.25, 0.3) is 0 Å². The molecule has 184 valence electrons. The second-order valence-corrected chi connectivity index (χ2v) is 13.2. The van der Waals surface area contributed by atoms with Crippen molar-refractivity contribution in [2.45, 2.75) is 70.8 Å². The number of ether oxygens (including phenoxy) is 2. The lowest BCUT2D eigenvalue weighted by molar-refractivity contribution is -0.0172. The molecule has 8 heteroatoms. The molecule has 0 radical (unpaired) electrons. The maximum Gasteiger partial charge on any atom is 0.409 e. The van der Waals surface area contributed by atoms with Crippen LogP contribution in [0.25, 0.3) is 0 Å². The van der Waals surface area contributed by atoms with E-state index < -0.39 is 10.0 Å². The van der Waals surface area contributed by atoms with E-state index in [4.69, 9.17) is 9.47 Å². The number of benzene rings is 1. The molecule has 2 fully saturated rings. The standard InChI is InChI=1S/C25H38N2O5S/c1-24(2,3)18-31-23(28)26-15-11-25(12-16-26)10-7-21-17-20(5-6-22(21)32-25)19-8-13-27(14-9-19)33(4,29)30/h5-6,17,19H,7-16,18H2,1-4H3. The van der Waals surface area contributed by atoms with E-state index in [2.05, 4.69) is 39.0 Å². The maximum atomic E-state index is 12.4. The number of carbonyl (C=O) groups excluding carboxylic acids is 1. The first-order chi connectivity index (χ1) is 15.4. The average Bonchev–Trinajstić information content (AvgIpc) is 2.77. The first-order valence-electron chi connectivity index (χ1n) is 12.1. The number of aryl methyl sites for hydroxylation is 1. The average molecular weight is 479 g/mol. The minimum Gasteiger partial charge on any atom is -0.487 e. The van der Waals surface area contributed by atoms with E-state index in [1.807, 2.05) is 4.90 Å². The van der Waals surface area contributed by atoms with Crippen LogP contribution in [0.3, 0.4) is 0 Å². The normalized spacial score (nSPS) is 22.0. The Morgan fingerprint density at radius 2 is 1.79 bits per heavy atom. The number of sulfonamides is 1. The van der Waals surface area contributed by atoms with Crippen molar-refractivity contribution in [3.05, 3.63) is 29.3 Å². The van der Waals surface area contributed by atoms with Crippen molar-refractivity contribution >= 4 is 16.1 Å². The molecule has 2 saturated heterocycles. The Balaban J connectivity index is 1.33. The fourth-order valence-electron chi connectivity index (χ4n) is 5.13. The van der Waals surface area contributed by atoms with E-state index in [1.54, 1.807) is 4.31 Å². The van der Waals surface area contributed by atoms with E-state index in [1.165, 1.54) is 17.4 Å². The summed E-state index contributed by atoms with van der Waals surface area (Å²) >= 11 is 0. The first kappa shape index (κ1) is 24.3. The van der Waals surface area contributed by atoms with Crippen molar-refractivity contribution in [2.24, 2.45) is 5.41 Å². The SMILES string of the molecule is CC(C)(C)COC(=O)N1CCC2(CCc3cc(C4CCN(S(C)(=O)=O)CC4)ccc3O2)CC1. The summed E-state index contributed by atoms with van der Waals surface area (Å²) in [4.78, 5) is 14.2. The first-order valence-corrected chi connectivity index (χ1v) is 14.0. The third kappa shape index (κ3) is 5.83. The van der Waals surface area contributed by atoms with Crippen LogP contribution in [-0.2, 0) is 21.2 Å². The highest BCUT2D eigenvalue weighted by Gasteiger charge is 2.41. The Bertz CT molecular complexity index is 969. The lowest BCUT2D eigenvalue weighted by Crippen LogP contribution is -2.51. The molecule has 4 rings (SSSR count). The molecule has 0 bridgehead atoms. The van der Waals surface area contributed by atoms with Crippen LogP contribution in [0.1, 0.15) is 69.9 Å². The molecule has 0 aromatic heterocycles. The summed E-state index contributed by atoms with van der Waals surface area (Å²) in [6.45, 7) is 9.11. The molecule has 0 saturated carbocycles. The Kier molecular flexibility index (Phi) is 6.71. The molecule has 3 aliphatic heterocycles. The molecule has 3 heterocycles. The number of rotatable bonds is 3. The fourth-order valence-corrected chi connectivity index (χ4v) is 6.01. The summed E-state index contributed by atoms with van der Waals surface area (Å²) in [5, 5.41) is 0. The van der Waals surface area contributed by atoms with Crippen LogP contribution < -0.4 is 4.74 Å². The van der Waals surface area contributed by atoms with Gasteiger partial charge in [0.1, 0.15) is 11.4 Å². The Labute approximate surface area is 198 Å². The molecular formula is C25H38N2O5S. The van der Waals surface area contributed by atoms with Crippen LogP contribution in [-0.4, -0.2) is 68.4 Å². The number of piperidine rings is 2. The predicted molar refractivity (Wildman–Crippen MR) is 128 cm³/mol. The van der Waals surface area contributed by atoms with Gasteiger partial charge in [-0.15, -0.1) is 0 Å². The molecule has 1 amide bonds. The highest BCUT2D eigenvalue weighted by molar-refractivity contribution is 7.88. The van der Waals surface area contributed by atoms with Crippen molar-refractivity contribution in [3.63, 3.8) is 0 Å². The zero-order chi connectivity index (χ0) is 23.9. The zero-order valence-electron chi connectivity index (χ0n) is 20.4. The minimum absolute atomic E-state index is 0.0353. The zero-order valence-corrected chi connectivity index (χ0v) is 21.2. The van der Waals surface area contributed by atoms with Gasteiger partial charge in [0.15, 0.2) is 0 Å². The van der Waals surface area contributed by atoms with Gasteiger partial charge >= 0.3 is 6.09 Å². The van der Waals surface area contributed by atoms with Crippen molar-refractivity contribution in [1.82, 2.24) is 9.21 Å².